The Kier molecular flexibility index (Phi) is 5.47. The summed E-state index contributed by atoms with van der Waals surface area (Å²) in [5.74, 6) is 0.469. The third-order valence-corrected chi connectivity index (χ3v) is 4.65. The molecule has 0 aliphatic heterocycles. The molecule has 0 spiro atoms. The molecule has 1 aliphatic rings. The zero-order valence-corrected chi connectivity index (χ0v) is 14.1. The second kappa shape index (κ2) is 6.92. The van der Waals surface area contributed by atoms with Crippen LogP contribution in [0.1, 0.15) is 31.7 Å². The average molecular weight is 361 g/mol. The summed E-state index contributed by atoms with van der Waals surface area (Å²) in [7, 11) is 0. The highest BCUT2D eigenvalue weighted by atomic mass is 79.9. The molecule has 1 fully saturated rings. The van der Waals surface area contributed by atoms with Crippen molar-refractivity contribution in [2.24, 2.45) is 5.92 Å². The van der Waals surface area contributed by atoms with E-state index < -0.39 is 0 Å². The van der Waals surface area contributed by atoms with Crippen molar-refractivity contribution >= 4 is 39.1 Å². The number of benzene rings is 1. The molecule has 0 bridgehead atoms. The van der Waals surface area contributed by atoms with Crippen molar-refractivity contribution in [1.82, 2.24) is 0 Å². The molecule has 1 saturated carbocycles. The molecule has 5 heteroatoms. The topological polar surface area (TPSA) is 38.3 Å². The third kappa shape index (κ3) is 3.96. The number of rotatable bonds is 5. The summed E-state index contributed by atoms with van der Waals surface area (Å²) in [4.78, 5) is 12.0. The van der Waals surface area contributed by atoms with Crippen molar-refractivity contribution < 1.29 is 9.53 Å². The summed E-state index contributed by atoms with van der Waals surface area (Å²) < 4.78 is 6.35. The van der Waals surface area contributed by atoms with Crippen LogP contribution in [0, 0.1) is 12.8 Å². The van der Waals surface area contributed by atoms with Crippen molar-refractivity contribution in [3.8, 4) is 0 Å². The van der Waals surface area contributed by atoms with Gasteiger partial charge in [-0.3, -0.25) is 4.79 Å². The van der Waals surface area contributed by atoms with Crippen LogP contribution in [0.25, 0.3) is 0 Å². The lowest BCUT2D eigenvalue weighted by atomic mass is 9.80. The molecule has 110 valence electrons. The van der Waals surface area contributed by atoms with Gasteiger partial charge in [0.15, 0.2) is 0 Å². The summed E-state index contributed by atoms with van der Waals surface area (Å²) in [6.45, 7) is 4.68. The van der Waals surface area contributed by atoms with E-state index in [1.807, 2.05) is 19.9 Å². The zero-order chi connectivity index (χ0) is 14.7. The fourth-order valence-electron chi connectivity index (χ4n) is 2.42. The fraction of sp³-hybridized carbons (Fsp3) is 0.533. The Bertz CT molecular complexity index is 501. The van der Waals surface area contributed by atoms with Crippen LogP contribution < -0.4 is 5.32 Å². The average Bonchev–Trinajstić information content (AvgIpc) is 2.33. The summed E-state index contributed by atoms with van der Waals surface area (Å²) in [5, 5.41) is 3.57. The molecule has 0 heterocycles. The number of halogens is 2. The lowest BCUT2D eigenvalue weighted by Gasteiger charge is -2.34. The summed E-state index contributed by atoms with van der Waals surface area (Å²) in [6.07, 6.45) is 2.86. The monoisotopic (exact) mass is 359 g/mol. The highest BCUT2D eigenvalue weighted by Crippen LogP contribution is 2.34. The molecule has 1 N–H and O–H groups in total. The van der Waals surface area contributed by atoms with Crippen molar-refractivity contribution in [2.45, 2.75) is 39.2 Å². The first-order chi connectivity index (χ1) is 9.49. The van der Waals surface area contributed by atoms with E-state index in [-0.39, 0.29) is 5.91 Å². The van der Waals surface area contributed by atoms with Gasteiger partial charge in [-0.1, -0.05) is 11.6 Å². The molecule has 0 atom stereocenters. The highest BCUT2D eigenvalue weighted by Gasteiger charge is 2.31. The Morgan fingerprint density at radius 1 is 1.50 bits per heavy atom. The Morgan fingerprint density at radius 3 is 2.85 bits per heavy atom. The number of hydrogen-bond acceptors (Lipinski definition) is 2. The molecule has 3 nitrogen and oxygen atoms in total. The van der Waals surface area contributed by atoms with Gasteiger partial charge in [0.1, 0.15) is 0 Å². The number of nitrogens with one attached hydrogen (secondary N) is 1. The van der Waals surface area contributed by atoms with Crippen molar-refractivity contribution in [2.75, 3.05) is 11.9 Å². The maximum absolute atomic E-state index is 12.0. The van der Waals surface area contributed by atoms with Gasteiger partial charge in [-0.25, -0.2) is 0 Å². The second-order valence-corrected chi connectivity index (χ2v) is 6.51. The van der Waals surface area contributed by atoms with Gasteiger partial charge in [-0.15, -0.1) is 0 Å². The molecule has 0 unspecified atom stereocenters. The number of hydrogen-bond donors (Lipinski definition) is 1. The Labute approximate surface area is 133 Å². The van der Waals surface area contributed by atoms with Crippen LogP contribution >= 0.6 is 27.5 Å². The van der Waals surface area contributed by atoms with E-state index in [0.29, 0.717) is 23.5 Å². The molecule has 1 amide bonds. The molecule has 2 rings (SSSR count). The summed E-state index contributed by atoms with van der Waals surface area (Å²) in [6, 6.07) is 3.69. The SMILES string of the molecule is CCOC1CC(CC(=O)Nc2cc(Cl)c(C)cc2Br)C1. The van der Waals surface area contributed by atoms with Crippen LogP contribution in [0.4, 0.5) is 5.69 Å². The molecular weight excluding hydrogens is 342 g/mol. The third-order valence-electron chi connectivity index (χ3n) is 3.59. The van der Waals surface area contributed by atoms with E-state index in [9.17, 15) is 4.79 Å². The molecule has 1 aromatic rings. The van der Waals surface area contributed by atoms with E-state index in [0.717, 1.165) is 35.2 Å². The minimum Gasteiger partial charge on any atom is -0.378 e. The fourth-order valence-corrected chi connectivity index (χ4v) is 3.14. The van der Waals surface area contributed by atoms with Gasteiger partial charge in [0.2, 0.25) is 5.91 Å². The first kappa shape index (κ1) is 15.8. The summed E-state index contributed by atoms with van der Waals surface area (Å²) >= 11 is 9.52. The first-order valence-corrected chi connectivity index (χ1v) is 8.03. The largest absolute Gasteiger partial charge is 0.378 e. The normalized spacial score (nSPS) is 21.4. The maximum atomic E-state index is 12.0. The van der Waals surface area contributed by atoms with Crippen molar-refractivity contribution in [1.29, 1.82) is 0 Å². The molecule has 0 aromatic heterocycles. The maximum Gasteiger partial charge on any atom is 0.224 e. The Morgan fingerprint density at radius 2 is 2.20 bits per heavy atom. The lowest BCUT2D eigenvalue weighted by molar-refractivity contribution is -0.119. The van der Waals surface area contributed by atoms with Crippen LogP contribution in [-0.4, -0.2) is 18.6 Å². The number of ether oxygens (including phenoxy) is 1. The van der Waals surface area contributed by atoms with E-state index in [2.05, 4.69) is 21.2 Å². The molecule has 20 heavy (non-hydrogen) atoms. The number of amides is 1. The zero-order valence-electron chi connectivity index (χ0n) is 11.7. The highest BCUT2D eigenvalue weighted by molar-refractivity contribution is 9.10. The number of anilines is 1. The van der Waals surface area contributed by atoms with E-state index in [1.165, 1.54) is 0 Å². The first-order valence-electron chi connectivity index (χ1n) is 6.86. The molecular formula is C15H19BrClNO2. The molecule has 1 aliphatic carbocycles. The van der Waals surface area contributed by atoms with Gasteiger partial charge in [0, 0.05) is 22.5 Å². The van der Waals surface area contributed by atoms with Gasteiger partial charge >= 0.3 is 0 Å². The van der Waals surface area contributed by atoms with Crippen LogP contribution in [0.3, 0.4) is 0 Å². The molecule has 0 radical (unpaired) electrons. The van der Waals surface area contributed by atoms with Crippen molar-refractivity contribution in [3.63, 3.8) is 0 Å². The Hall–Kier alpha value is -0.580. The minimum atomic E-state index is 0.0329. The van der Waals surface area contributed by atoms with Crippen molar-refractivity contribution in [3.05, 3.63) is 27.2 Å². The van der Waals surface area contributed by atoms with Gasteiger partial charge < -0.3 is 10.1 Å². The standard InChI is InChI=1S/C15H19BrClNO2/c1-3-20-11-5-10(6-11)7-15(19)18-14-8-13(17)9(2)4-12(14)16/h4,8,10-11H,3,5-7H2,1-2H3,(H,18,19). The molecule has 0 saturated heterocycles. The Balaban J connectivity index is 1.85. The van der Waals surface area contributed by atoms with Gasteiger partial charge in [-0.2, -0.15) is 0 Å². The van der Waals surface area contributed by atoms with Gasteiger partial charge in [0.05, 0.1) is 11.8 Å². The predicted molar refractivity (Wildman–Crippen MR) is 85.3 cm³/mol. The summed E-state index contributed by atoms with van der Waals surface area (Å²) in [5.41, 5.74) is 1.71. The number of carbonyl (C=O) groups excluding carboxylic acids is 1. The second-order valence-electron chi connectivity index (χ2n) is 5.25. The van der Waals surface area contributed by atoms with Crippen LogP contribution in [0.5, 0.6) is 0 Å². The smallest absolute Gasteiger partial charge is 0.224 e. The van der Waals surface area contributed by atoms with Crippen LogP contribution in [0.15, 0.2) is 16.6 Å². The quantitative estimate of drug-likeness (QED) is 0.836. The van der Waals surface area contributed by atoms with Crippen LogP contribution in [0.2, 0.25) is 5.02 Å². The number of carbonyl (C=O) groups is 1. The van der Waals surface area contributed by atoms with Crippen LogP contribution in [-0.2, 0) is 9.53 Å². The predicted octanol–water partition coefficient (Wildman–Crippen LogP) is 4.55. The van der Waals surface area contributed by atoms with Gasteiger partial charge in [0.25, 0.3) is 0 Å². The number of aryl methyl sites for hydroxylation is 1. The van der Waals surface area contributed by atoms with E-state index in [4.69, 9.17) is 16.3 Å². The van der Waals surface area contributed by atoms with Gasteiger partial charge in [-0.05, 0) is 66.2 Å². The molecule has 1 aromatic carbocycles. The lowest BCUT2D eigenvalue weighted by Crippen LogP contribution is -2.33. The van der Waals surface area contributed by atoms with E-state index in [1.54, 1.807) is 6.07 Å². The van der Waals surface area contributed by atoms with E-state index >= 15 is 0 Å². The minimum absolute atomic E-state index is 0.0329.